The number of nitrogens with one attached hydrogen (secondary N) is 2. The van der Waals surface area contributed by atoms with Gasteiger partial charge in [-0.15, -0.1) is 0 Å². The van der Waals surface area contributed by atoms with Gasteiger partial charge in [-0.2, -0.15) is 0 Å². The second-order valence-corrected chi connectivity index (χ2v) is 3.66. The van der Waals surface area contributed by atoms with Crippen molar-refractivity contribution >= 4 is 11.4 Å². The third kappa shape index (κ3) is 1.82. The maximum absolute atomic E-state index is 5.24. The highest BCUT2D eigenvalue weighted by atomic mass is 16.5. The van der Waals surface area contributed by atoms with Crippen molar-refractivity contribution in [3.05, 3.63) is 23.8 Å². The highest BCUT2D eigenvalue weighted by molar-refractivity contribution is 5.73. The molecule has 0 aliphatic carbocycles. The summed E-state index contributed by atoms with van der Waals surface area (Å²) >= 11 is 0. The van der Waals surface area contributed by atoms with Gasteiger partial charge in [-0.1, -0.05) is 6.07 Å². The molecular formula is C11H16N2O. The Bertz CT molecular complexity index is 325. The molecule has 0 spiro atoms. The van der Waals surface area contributed by atoms with Crippen LogP contribution in [0.25, 0.3) is 0 Å². The van der Waals surface area contributed by atoms with Crippen LogP contribution in [0.2, 0.25) is 0 Å². The summed E-state index contributed by atoms with van der Waals surface area (Å²) in [7, 11) is 1.75. The zero-order valence-electron chi connectivity index (χ0n) is 8.63. The zero-order chi connectivity index (χ0) is 9.97. The summed E-state index contributed by atoms with van der Waals surface area (Å²) in [6, 6.07) is 6.45. The van der Waals surface area contributed by atoms with Gasteiger partial charge in [-0.05, 0) is 31.0 Å². The molecule has 1 aromatic carbocycles. The lowest BCUT2D eigenvalue weighted by Gasteiger charge is -2.10. The van der Waals surface area contributed by atoms with Crippen LogP contribution in [0.15, 0.2) is 18.2 Å². The van der Waals surface area contributed by atoms with E-state index in [1.807, 2.05) is 0 Å². The van der Waals surface area contributed by atoms with E-state index >= 15 is 0 Å². The Balaban J connectivity index is 2.12. The summed E-state index contributed by atoms with van der Waals surface area (Å²) in [6.07, 6.45) is 1.24. The smallest absolute Gasteiger partial charge is 0.0850 e. The van der Waals surface area contributed by atoms with Crippen molar-refractivity contribution in [3.63, 3.8) is 0 Å². The van der Waals surface area contributed by atoms with E-state index < -0.39 is 0 Å². The number of rotatable bonds is 3. The summed E-state index contributed by atoms with van der Waals surface area (Å²) in [5, 5.41) is 6.53. The summed E-state index contributed by atoms with van der Waals surface area (Å²) in [5.74, 6) is 0. The van der Waals surface area contributed by atoms with Crippen molar-refractivity contribution in [2.45, 2.75) is 19.4 Å². The van der Waals surface area contributed by atoms with Gasteiger partial charge in [0, 0.05) is 7.11 Å². The predicted molar refractivity (Wildman–Crippen MR) is 58.7 cm³/mol. The van der Waals surface area contributed by atoms with E-state index in [0.717, 1.165) is 13.1 Å². The average molecular weight is 192 g/mol. The topological polar surface area (TPSA) is 33.3 Å². The minimum absolute atomic E-state index is 0.280. The van der Waals surface area contributed by atoms with Gasteiger partial charge in [-0.25, -0.2) is 0 Å². The molecule has 3 nitrogen and oxygen atoms in total. The first-order valence-corrected chi connectivity index (χ1v) is 4.93. The standard InChI is InChI=1S/C11H16N2O/c1-8(14-2)5-9-3-4-10-11(6-9)13-7-12-10/h3-4,6,8,12-13H,5,7H2,1-2H3/t8-/m0/s1. The van der Waals surface area contributed by atoms with Crippen LogP contribution < -0.4 is 10.6 Å². The molecule has 0 saturated carbocycles. The lowest BCUT2D eigenvalue weighted by atomic mass is 10.1. The van der Waals surface area contributed by atoms with Crippen LogP contribution in [-0.4, -0.2) is 19.9 Å². The summed E-state index contributed by atoms with van der Waals surface area (Å²) in [4.78, 5) is 0. The fourth-order valence-electron chi connectivity index (χ4n) is 1.67. The molecule has 0 aromatic heterocycles. The molecule has 0 radical (unpaired) electrons. The molecule has 14 heavy (non-hydrogen) atoms. The van der Waals surface area contributed by atoms with Gasteiger partial charge in [0.2, 0.25) is 0 Å². The molecule has 76 valence electrons. The maximum Gasteiger partial charge on any atom is 0.0850 e. The quantitative estimate of drug-likeness (QED) is 0.769. The van der Waals surface area contributed by atoms with Gasteiger partial charge in [-0.3, -0.25) is 0 Å². The van der Waals surface area contributed by atoms with Crippen molar-refractivity contribution in [1.29, 1.82) is 0 Å². The molecule has 0 bridgehead atoms. The van der Waals surface area contributed by atoms with Gasteiger partial charge in [0.1, 0.15) is 0 Å². The number of ether oxygens (including phenoxy) is 1. The first-order valence-electron chi connectivity index (χ1n) is 4.93. The number of fused-ring (bicyclic) bond motifs is 1. The fraction of sp³-hybridized carbons (Fsp3) is 0.455. The molecule has 1 aliphatic heterocycles. The Morgan fingerprint density at radius 1 is 1.36 bits per heavy atom. The van der Waals surface area contributed by atoms with Crippen LogP contribution in [0.5, 0.6) is 0 Å². The largest absolute Gasteiger partial charge is 0.381 e. The number of anilines is 2. The van der Waals surface area contributed by atoms with Crippen LogP contribution in [0.1, 0.15) is 12.5 Å². The number of hydrogen-bond donors (Lipinski definition) is 2. The number of hydrogen-bond acceptors (Lipinski definition) is 3. The second-order valence-electron chi connectivity index (χ2n) is 3.66. The van der Waals surface area contributed by atoms with Crippen molar-refractivity contribution in [1.82, 2.24) is 0 Å². The van der Waals surface area contributed by atoms with Crippen LogP contribution in [0, 0.1) is 0 Å². The Morgan fingerprint density at radius 2 is 2.14 bits per heavy atom. The predicted octanol–water partition coefficient (Wildman–Crippen LogP) is 2.06. The molecule has 0 unspecified atom stereocenters. The van der Waals surface area contributed by atoms with Gasteiger partial charge >= 0.3 is 0 Å². The molecule has 1 heterocycles. The number of methoxy groups -OCH3 is 1. The molecule has 0 fully saturated rings. The van der Waals surface area contributed by atoms with Gasteiger partial charge in [0.05, 0.1) is 24.1 Å². The minimum atomic E-state index is 0.280. The summed E-state index contributed by atoms with van der Waals surface area (Å²) in [6.45, 7) is 2.91. The molecule has 1 atom stereocenters. The molecule has 0 amide bonds. The van der Waals surface area contributed by atoms with Gasteiger partial charge in [0.15, 0.2) is 0 Å². The highest BCUT2D eigenvalue weighted by Crippen LogP contribution is 2.27. The van der Waals surface area contributed by atoms with Crippen molar-refractivity contribution in [2.24, 2.45) is 0 Å². The lowest BCUT2D eigenvalue weighted by molar-refractivity contribution is 0.119. The maximum atomic E-state index is 5.24. The Labute approximate surface area is 84.5 Å². The first kappa shape index (κ1) is 9.34. The van der Waals surface area contributed by atoms with Crippen molar-refractivity contribution in [2.75, 3.05) is 24.4 Å². The summed E-state index contributed by atoms with van der Waals surface area (Å²) < 4.78 is 5.24. The molecule has 1 aromatic rings. The lowest BCUT2D eigenvalue weighted by Crippen LogP contribution is -2.08. The Morgan fingerprint density at radius 3 is 2.93 bits per heavy atom. The van der Waals surface area contributed by atoms with E-state index in [4.69, 9.17) is 4.74 Å². The van der Waals surface area contributed by atoms with E-state index in [1.54, 1.807) is 7.11 Å². The minimum Gasteiger partial charge on any atom is -0.381 e. The molecule has 0 saturated heterocycles. The van der Waals surface area contributed by atoms with Crippen molar-refractivity contribution < 1.29 is 4.74 Å². The molecule has 1 aliphatic rings. The molecule has 3 heteroatoms. The monoisotopic (exact) mass is 192 g/mol. The van der Waals surface area contributed by atoms with E-state index in [1.165, 1.54) is 16.9 Å². The van der Waals surface area contributed by atoms with Crippen molar-refractivity contribution in [3.8, 4) is 0 Å². The SMILES string of the molecule is CO[C@@H](C)Cc1ccc2c(c1)NCN2. The number of benzene rings is 1. The molecule has 2 rings (SSSR count). The Hall–Kier alpha value is -1.22. The van der Waals surface area contributed by atoms with E-state index in [-0.39, 0.29) is 6.10 Å². The normalized spacial score (nSPS) is 15.6. The third-order valence-electron chi connectivity index (χ3n) is 2.57. The fourth-order valence-corrected chi connectivity index (χ4v) is 1.67. The van der Waals surface area contributed by atoms with Gasteiger partial charge < -0.3 is 15.4 Å². The van der Waals surface area contributed by atoms with Crippen LogP contribution in [0.4, 0.5) is 11.4 Å². The van der Waals surface area contributed by atoms with Gasteiger partial charge in [0.25, 0.3) is 0 Å². The zero-order valence-corrected chi connectivity index (χ0v) is 8.63. The Kier molecular flexibility index (Phi) is 2.59. The van der Waals surface area contributed by atoms with Crippen LogP contribution >= 0.6 is 0 Å². The third-order valence-corrected chi connectivity index (χ3v) is 2.57. The highest BCUT2D eigenvalue weighted by Gasteiger charge is 2.10. The summed E-state index contributed by atoms with van der Waals surface area (Å²) in [5.41, 5.74) is 3.71. The second kappa shape index (κ2) is 3.88. The van der Waals surface area contributed by atoms with E-state index in [9.17, 15) is 0 Å². The van der Waals surface area contributed by atoms with Crippen LogP contribution in [-0.2, 0) is 11.2 Å². The molecule has 2 N–H and O–H groups in total. The molecular weight excluding hydrogens is 176 g/mol. The van der Waals surface area contributed by atoms with E-state index in [2.05, 4.69) is 35.8 Å². The van der Waals surface area contributed by atoms with Crippen LogP contribution in [0.3, 0.4) is 0 Å². The first-order chi connectivity index (χ1) is 6.79. The average Bonchev–Trinajstić information content (AvgIpc) is 2.64. The van der Waals surface area contributed by atoms with E-state index in [0.29, 0.717) is 0 Å².